The Morgan fingerprint density at radius 1 is 1.55 bits per heavy atom. The Bertz CT molecular complexity index is 542. The number of rotatable bonds is 6. The van der Waals surface area contributed by atoms with Gasteiger partial charge >= 0.3 is 0 Å². The fourth-order valence-corrected chi connectivity index (χ4v) is 5.26. The van der Waals surface area contributed by atoms with Gasteiger partial charge < -0.3 is 5.11 Å². The second-order valence-electron chi connectivity index (χ2n) is 5.14. The standard InChI is InChI=1S/C13H22N2O3S2/c1-3-15-6-4-5-12(15)8-14(2)20(17,18)13-7-11(9-16)10-19-13/h7,10,12,16H,3-6,8-9H2,1-2H3. The maximum Gasteiger partial charge on any atom is 0.252 e. The van der Waals surface area contributed by atoms with Crippen LogP contribution in [-0.2, 0) is 16.6 Å². The second-order valence-corrected chi connectivity index (χ2v) is 8.33. The number of aliphatic hydroxyl groups excluding tert-OH is 1. The summed E-state index contributed by atoms with van der Waals surface area (Å²) in [5, 5.41) is 10.7. The van der Waals surface area contributed by atoms with Gasteiger partial charge in [0, 0.05) is 19.6 Å². The number of nitrogens with zero attached hydrogens (tertiary/aromatic N) is 2. The lowest BCUT2D eigenvalue weighted by atomic mass is 10.2. The van der Waals surface area contributed by atoms with E-state index in [2.05, 4.69) is 11.8 Å². The lowest BCUT2D eigenvalue weighted by Gasteiger charge is -2.27. The summed E-state index contributed by atoms with van der Waals surface area (Å²) in [6.07, 6.45) is 2.19. The number of hydrogen-bond donors (Lipinski definition) is 1. The fourth-order valence-electron chi connectivity index (χ4n) is 2.64. The molecule has 1 unspecified atom stereocenters. The van der Waals surface area contributed by atoms with Crippen molar-refractivity contribution < 1.29 is 13.5 Å². The summed E-state index contributed by atoms with van der Waals surface area (Å²) in [6.45, 7) is 4.54. The van der Waals surface area contributed by atoms with Crippen molar-refractivity contribution in [3.8, 4) is 0 Å². The molecule has 1 fully saturated rings. The molecule has 1 N–H and O–H groups in total. The first kappa shape index (κ1) is 15.9. The van der Waals surface area contributed by atoms with E-state index in [9.17, 15) is 8.42 Å². The van der Waals surface area contributed by atoms with Crippen LogP contribution < -0.4 is 0 Å². The molecule has 0 radical (unpaired) electrons. The van der Waals surface area contributed by atoms with Crippen molar-refractivity contribution in [2.24, 2.45) is 0 Å². The van der Waals surface area contributed by atoms with Crippen LogP contribution in [0.1, 0.15) is 25.3 Å². The van der Waals surface area contributed by atoms with Gasteiger partial charge in [0.15, 0.2) is 0 Å². The summed E-state index contributed by atoms with van der Waals surface area (Å²) in [5.74, 6) is 0. The van der Waals surface area contributed by atoms with Gasteiger partial charge in [-0.1, -0.05) is 6.92 Å². The maximum absolute atomic E-state index is 12.5. The molecule has 2 rings (SSSR count). The SMILES string of the molecule is CCN1CCCC1CN(C)S(=O)(=O)c1cc(CO)cs1. The highest BCUT2D eigenvalue weighted by molar-refractivity contribution is 7.91. The van der Waals surface area contributed by atoms with Crippen molar-refractivity contribution in [2.45, 2.75) is 36.6 Å². The molecule has 1 atom stereocenters. The highest BCUT2D eigenvalue weighted by atomic mass is 32.2. The Kier molecular flexibility index (Phi) is 5.19. The summed E-state index contributed by atoms with van der Waals surface area (Å²) in [6, 6.07) is 1.87. The summed E-state index contributed by atoms with van der Waals surface area (Å²) < 4.78 is 26.7. The molecular formula is C13H22N2O3S2. The molecule has 1 aromatic heterocycles. The molecule has 20 heavy (non-hydrogen) atoms. The number of aliphatic hydroxyl groups is 1. The maximum atomic E-state index is 12.5. The molecule has 7 heteroatoms. The van der Waals surface area contributed by atoms with E-state index in [1.54, 1.807) is 18.5 Å². The Morgan fingerprint density at radius 3 is 2.90 bits per heavy atom. The van der Waals surface area contributed by atoms with Crippen LogP contribution in [0.15, 0.2) is 15.7 Å². The molecule has 1 aliphatic heterocycles. The lowest BCUT2D eigenvalue weighted by molar-refractivity contribution is 0.238. The van der Waals surface area contributed by atoms with Crippen LogP contribution in [0.5, 0.6) is 0 Å². The number of hydrogen-bond acceptors (Lipinski definition) is 5. The van der Waals surface area contributed by atoms with Gasteiger partial charge in [0.25, 0.3) is 10.0 Å². The zero-order chi connectivity index (χ0) is 14.8. The van der Waals surface area contributed by atoms with Crippen molar-refractivity contribution in [1.29, 1.82) is 0 Å². The van der Waals surface area contributed by atoms with Crippen LogP contribution in [0.3, 0.4) is 0 Å². The molecule has 0 aliphatic carbocycles. The van der Waals surface area contributed by atoms with Crippen molar-refractivity contribution in [3.63, 3.8) is 0 Å². The molecule has 5 nitrogen and oxygen atoms in total. The monoisotopic (exact) mass is 318 g/mol. The van der Waals surface area contributed by atoms with E-state index in [1.807, 2.05) is 0 Å². The average molecular weight is 318 g/mol. The second kappa shape index (κ2) is 6.53. The summed E-state index contributed by atoms with van der Waals surface area (Å²) in [5.41, 5.74) is 0.651. The Morgan fingerprint density at radius 2 is 2.30 bits per heavy atom. The first-order valence-corrected chi connectivity index (χ1v) is 9.19. The van der Waals surface area contributed by atoms with Gasteiger partial charge in [-0.3, -0.25) is 4.90 Å². The van der Waals surface area contributed by atoms with Gasteiger partial charge in [-0.05, 0) is 42.9 Å². The highest BCUT2D eigenvalue weighted by Crippen LogP contribution is 2.25. The first-order valence-electron chi connectivity index (χ1n) is 6.87. The summed E-state index contributed by atoms with van der Waals surface area (Å²) in [7, 11) is -1.79. The minimum atomic E-state index is -3.43. The van der Waals surface area contributed by atoms with E-state index in [0.29, 0.717) is 22.4 Å². The van der Waals surface area contributed by atoms with Crippen LogP contribution in [0.2, 0.25) is 0 Å². The first-order chi connectivity index (χ1) is 9.48. The zero-order valence-electron chi connectivity index (χ0n) is 11.9. The van der Waals surface area contributed by atoms with Gasteiger partial charge in [0.1, 0.15) is 4.21 Å². The average Bonchev–Trinajstić information content (AvgIpc) is 3.07. The van der Waals surface area contributed by atoms with Crippen LogP contribution in [-0.4, -0.2) is 55.5 Å². The minimum absolute atomic E-state index is 0.123. The quantitative estimate of drug-likeness (QED) is 0.860. The molecule has 1 aliphatic rings. The molecule has 0 amide bonds. The van der Waals surface area contributed by atoms with Crippen LogP contribution in [0, 0.1) is 0 Å². The topological polar surface area (TPSA) is 60.9 Å². The predicted octanol–water partition coefficient (Wildman–Crippen LogP) is 1.35. The summed E-state index contributed by atoms with van der Waals surface area (Å²) in [4.78, 5) is 2.33. The molecule has 1 aromatic rings. The Balaban J connectivity index is 2.09. The van der Waals surface area contributed by atoms with Gasteiger partial charge in [-0.2, -0.15) is 4.31 Å². The normalized spacial score (nSPS) is 20.9. The number of likely N-dealkylation sites (N-methyl/N-ethyl adjacent to an activating group) is 2. The highest BCUT2D eigenvalue weighted by Gasteiger charge is 2.29. The number of likely N-dealkylation sites (tertiary alicyclic amines) is 1. The van der Waals surface area contributed by atoms with E-state index >= 15 is 0 Å². The molecule has 2 heterocycles. The Hall–Kier alpha value is -0.470. The summed E-state index contributed by atoms with van der Waals surface area (Å²) >= 11 is 1.17. The van der Waals surface area contributed by atoms with Gasteiger partial charge in [-0.15, -0.1) is 11.3 Å². The van der Waals surface area contributed by atoms with Crippen LogP contribution in [0.25, 0.3) is 0 Å². The zero-order valence-corrected chi connectivity index (χ0v) is 13.6. The fraction of sp³-hybridized carbons (Fsp3) is 0.692. The smallest absolute Gasteiger partial charge is 0.252 e. The van der Waals surface area contributed by atoms with E-state index in [-0.39, 0.29) is 6.61 Å². The number of sulfonamides is 1. The van der Waals surface area contributed by atoms with Gasteiger partial charge in [0.2, 0.25) is 0 Å². The van der Waals surface area contributed by atoms with E-state index in [4.69, 9.17) is 5.11 Å². The van der Waals surface area contributed by atoms with Crippen molar-refractivity contribution in [2.75, 3.05) is 26.7 Å². The lowest BCUT2D eigenvalue weighted by Crippen LogP contribution is -2.40. The van der Waals surface area contributed by atoms with Crippen molar-refractivity contribution in [1.82, 2.24) is 9.21 Å². The van der Waals surface area contributed by atoms with Crippen LogP contribution in [0.4, 0.5) is 0 Å². The number of thiophene rings is 1. The van der Waals surface area contributed by atoms with Crippen molar-refractivity contribution >= 4 is 21.4 Å². The molecular weight excluding hydrogens is 296 g/mol. The predicted molar refractivity (Wildman–Crippen MR) is 80.3 cm³/mol. The minimum Gasteiger partial charge on any atom is -0.392 e. The Labute approximate surface area is 124 Å². The van der Waals surface area contributed by atoms with Gasteiger partial charge in [0.05, 0.1) is 6.61 Å². The largest absolute Gasteiger partial charge is 0.392 e. The molecule has 0 spiro atoms. The van der Waals surface area contributed by atoms with E-state index in [1.165, 1.54) is 15.6 Å². The van der Waals surface area contributed by atoms with E-state index < -0.39 is 10.0 Å². The van der Waals surface area contributed by atoms with Gasteiger partial charge in [-0.25, -0.2) is 8.42 Å². The third kappa shape index (κ3) is 3.23. The molecule has 0 saturated carbocycles. The molecule has 0 aromatic carbocycles. The molecule has 114 valence electrons. The third-order valence-electron chi connectivity index (χ3n) is 3.85. The molecule has 0 bridgehead atoms. The molecule has 1 saturated heterocycles. The van der Waals surface area contributed by atoms with Crippen molar-refractivity contribution in [3.05, 3.63) is 17.0 Å². The third-order valence-corrected chi connectivity index (χ3v) is 7.14. The van der Waals surface area contributed by atoms with E-state index in [0.717, 1.165) is 25.9 Å². The van der Waals surface area contributed by atoms with Crippen LogP contribution >= 0.6 is 11.3 Å².